The summed E-state index contributed by atoms with van der Waals surface area (Å²) in [5.41, 5.74) is 1.09. The number of anilines is 1. The lowest BCUT2D eigenvalue weighted by Crippen LogP contribution is -2.17. The van der Waals surface area contributed by atoms with E-state index in [9.17, 15) is 4.79 Å². The summed E-state index contributed by atoms with van der Waals surface area (Å²) in [4.78, 5) is 16.6. The zero-order valence-electron chi connectivity index (χ0n) is 12.9. The van der Waals surface area contributed by atoms with Crippen molar-refractivity contribution in [3.63, 3.8) is 0 Å². The van der Waals surface area contributed by atoms with E-state index < -0.39 is 0 Å². The lowest BCUT2D eigenvalue weighted by atomic mass is 9.93. The SMILES string of the molecule is CC(C)(C)c1csc(NC(=O)CC2CCCCCC2)n1. The zero-order chi connectivity index (χ0) is 14.6. The summed E-state index contributed by atoms with van der Waals surface area (Å²) < 4.78 is 0. The molecule has 0 saturated heterocycles. The van der Waals surface area contributed by atoms with Crippen molar-refractivity contribution in [2.24, 2.45) is 5.92 Å². The van der Waals surface area contributed by atoms with E-state index in [2.05, 4.69) is 31.1 Å². The molecule has 1 aliphatic rings. The molecule has 0 atom stereocenters. The Balaban J connectivity index is 1.86. The summed E-state index contributed by atoms with van der Waals surface area (Å²) in [5, 5.41) is 5.76. The highest BCUT2D eigenvalue weighted by Gasteiger charge is 2.20. The largest absolute Gasteiger partial charge is 0.302 e. The molecule has 112 valence electrons. The second-order valence-electron chi connectivity index (χ2n) is 6.90. The van der Waals surface area contributed by atoms with Gasteiger partial charge in [0.2, 0.25) is 5.91 Å². The molecule has 1 fully saturated rings. The molecule has 1 amide bonds. The fourth-order valence-electron chi connectivity index (χ4n) is 2.68. The fourth-order valence-corrected chi connectivity index (χ4v) is 3.63. The molecule has 1 aromatic heterocycles. The summed E-state index contributed by atoms with van der Waals surface area (Å²) in [6.07, 6.45) is 8.30. The van der Waals surface area contributed by atoms with Gasteiger partial charge >= 0.3 is 0 Å². The molecule has 0 aromatic carbocycles. The van der Waals surface area contributed by atoms with Gasteiger partial charge in [-0.15, -0.1) is 11.3 Å². The molecule has 4 heteroatoms. The van der Waals surface area contributed by atoms with E-state index in [-0.39, 0.29) is 11.3 Å². The third-order valence-corrected chi connectivity index (χ3v) is 4.73. The molecule has 0 aliphatic heterocycles. The molecule has 0 spiro atoms. The number of carbonyl (C=O) groups is 1. The van der Waals surface area contributed by atoms with Gasteiger partial charge in [-0.05, 0) is 18.8 Å². The summed E-state index contributed by atoms with van der Waals surface area (Å²) in [6.45, 7) is 6.41. The van der Waals surface area contributed by atoms with Crippen molar-refractivity contribution in [2.45, 2.75) is 71.1 Å². The Morgan fingerprint density at radius 1 is 1.30 bits per heavy atom. The normalized spacial score (nSPS) is 17.8. The maximum atomic E-state index is 12.1. The third kappa shape index (κ3) is 4.58. The number of amides is 1. The highest BCUT2D eigenvalue weighted by Crippen LogP contribution is 2.28. The van der Waals surface area contributed by atoms with E-state index in [1.807, 2.05) is 5.38 Å². The molecular formula is C16H26N2OS. The van der Waals surface area contributed by atoms with Crippen LogP contribution in [0, 0.1) is 5.92 Å². The van der Waals surface area contributed by atoms with Crippen molar-refractivity contribution in [2.75, 3.05) is 5.32 Å². The second kappa shape index (κ2) is 6.70. The van der Waals surface area contributed by atoms with Crippen LogP contribution in [0.3, 0.4) is 0 Å². The van der Waals surface area contributed by atoms with Gasteiger partial charge in [0, 0.05) is 17.2 Å². The summed E-state index contributed by atoms with van der Waals surface area (Å²) >= 11 is 1.53. The predicted molar refractivity (Wildman–Crippen MR) is 85.3 cm³/mol. The topological polar surface area (TPSA) is 42.0 Å². The average molecular weight is 294 g/mol. The van der Waals surface area contributed by atoms with Gasteiger partial charge in [-0.1, -0.05) is 46.5 Å². The third-order valence-electron chi connectivity index (χ3n) is 3.97. The monoisotopic (exact) mass is 294 g/mol. The number of rotatable bonds is 3. The number of nitrogens with zero attached hydrogens (tertiary/aromatic N) is 1. The molecule has 0 bridgehead atoms. The van der Waals surface area contributed by atoms with Crippen LogP contribution in [0.15, 0.2) is 5.38 Å². The van der Waals surface area contributed by atoms with Crippen molar-refractivity contribution >= 4 is 22.4 Å². The van der Waals surface area contributed by atoms with Crippen LogP contribution in [-0.2, 0) is 10.2 Å². The average Bonchev–Trinajstić information content (AvgIpc) is 2.67. The van der Waals surface area contributed by atoms with Crippen molar-refractivity contribution in [3.8, 4) is 0 Å². The predicted octanol–water partition coefficient (Wildman–Crippen LogP) is 4.74. The molecule has 1 aromatic rings. The van der Waals surface area contributed by atoms with Gasteiger partial charge in [0.25, 0.3) is 0 Å². The first kappa shape index (κ1) is 15.5. The zero-order valence-corrected chi connectivity index (χ0v) is 13.7. The molecule has 1 aliphatic carbocycles. The van der Waals surface area contributed by atoms with E-state index in [0.29, 0.717) is 12.3 Å². The van der Waals surface area contributed by atoms with Gasteiger partial charge in [-0.3, -0.25) is 4.79 Å². The number of carbonyl (C=O) groups excluding carboxylic acids is 1. The van der Waals surface area contributed by atoms with Gasteiger partial charge < -0.3 is 5.32 Å². The second-order valence-corrected chi connectivity index (χ2v) is 7.76. The van der Waals surface area contributed by atoms with Gasteiger partial charge in [0.15, 0.2) is 5.13 Å². The van der Waals surface area contributed by atoms with E-state index in [4.69, 9.17) is 0 Å². The Hall–Kier alpha value is -0.900. The molecule has 0 radical (unpaired) electrons. The van der Waals surface area contributed by atoms with Gasteiger partial charge in [0.1, 0.15) is 0 Å². The van der Waals surface area contributed by atoms with Crippen LogP contribution >= 0.6 is 11.3 Å². The number of nitrogens with one attached hydrogen (secondary N) is 1. The Bertz CT molecular complexity index is 440. The van der Waals surface area contributed by atoms with Crippen LogP contribution in [0.1, 0.15) is 71.4 Å². The summed E-state index contributed by atoms with van der Waals surface area (Å²) in [5.74, 6) is 0.700. The van der Waals surface area contributed by atoms with Crippen LogP contribution < -0.4 is 5.32 Å². The first-order valence-electron chi connectivity index (χ1n) is 7.71. The molecule has 1 saturated carbocycles. The van der Waals surface area contributed by atoms with Crippen molar-refractivity contribution in [3.05, 3.63) is 11.1 Å². The molecular weight excluding hydrogens is 268 g/mol. The minimum Gasteiger partial charge on any atom is -0.302 e. The molecule has 1 heterocycles. The Labute approximate surface area is 126 Å². The molecule has 0 unspecified atom stereocenters. The van der Waals surface area contributed by atoms with Gasteiger partial charge in [0.05, 0.1) is 5.69 Å². The van der Waals surface area contributed by atoms with Crippen LogP contribution in [-0.4, -0.2) is 10.9 Å². The molecule has 1 N–H and O–H groups in total. The van der Waals surface area contributed by atoms with E-state index >= 15 is 0 Å². The number of thiazole rings is 1. The van der Waals surface area contributed by atoms with Crippen LogP contribution in [0.2, 0.25) is 0 Å². The van der Waals surface area contributed by atoms with Crippen molar-refractivity contribution < 1.29 is 4.79 Å². The Kier molecular flexibility index (Phi) is 5.19. The molecule has 2 rings (SSSR count). The van der Waals surface area contributed by atoms with Crippen LogP contribution in [0.5, 0.6) is 0 Å². The summed E-state index contributed by atoms with van der Waals surface area (Å²) in [7, 11) is 0. The number of hydrogen-bond acceptors (Lipinski definition) is 3. The lowest BCUT2D eigenvalue weighted by molar-refractivity contribution is -0.117. The molecule has 3 nitrogen and oxygen atoms in total. The van der Waals surface area contributed by atoms with Crippen LogP contribution in [0.4, 0.5) is 5.13 Å². The first-order valence-corrected chi connectivity index (χ1v) is 8.59. The molecule has 20 heavy (non-hydrogen) atoms. The first-order chi connectivity index (χ1) is 9.45. The standard InChI is InChI=1S/C16H26N2OS/c1-16(2,3)13-11-20-15(17-13)18-14(19)10-12-8-6-4-5-7-9-12/h11-12H,4-10H2,1-3H3,(H,17,18,19). The van der Waals surface area contributed by atoms with Gasteiger partial charge in [-0.25, -0.2) is 4.98 Å². The highest BCUT2D eigenvalue weighted by molar-refractivity contribution is 7.13. The minimum atomic E-state index is 0.0424. The van der Waals surface area contributed by atoms with Crippen LogP contribution in [0.25, 0.3) is 0 Å². The number of aromatic nitrogens is 1. The smallest absolute Gasteiger partial charge is 0.226 e. The quantitative estimate of drug-likeness (QED) is 0.818. The number of hydrogen-bond donors (Lipinski definition) is 1. The maximum absolute atomic E-state index is 12.1. The Morgan fingerprint density at radius 2 is 1.95 bits per heavy atom. The van der Waals surface area contributed by atoms with E-state index in [1.54, 1.807) is 0 Å². The fraction of sp³-hybridized carbons (Fsp3) is 0.750. The minimum absolute atomic E-state index is 0.0424. The summed E-state index contributed by atoms with van der Waals surface area (Å²) in [6, 6.07) is 0. The highest BCUT2D eigenvalue weighted by atomic mass is 32.1. The lowest BCUT2D eigenvalue weighted by Gasteiger charge is -2.14. The maximum Gasteiger partial charge on any atom is 0.226 e. The Morgan fingerprint density at radius 3 is 2.50 bits per heavy atom. The van der Waals surface area contributed by atoms with E-state index in [1.165, 1.54) is 49.9 Å². The van der Waals surface area contributed by atoms with Gasteiger partial charge in [-0.2, -0.15) is 0 Å². The van der Waals surface area contributed by atoms with Crippen molar-refractivity contribution in [1.29, 1.82) is 0 Å². The van der Waals surface area contributed by atoms with Crippen molar-refractivity contribution in [1.82, 2.24) is 4.98 Å². The van der Waals surface area contributed by atoms with E-state index in [0.717, 1.165) is 10.8 Å².